The molecule has 7 heteroatoms. The first-order valence-electron chi connectivity index (χ1n) is 10.6. The highest BCUT2D eigenvalue weighted by atomic mass is 16.5. The van der Waals surface area contributed by atoms with Crippen LogP contribution in [0.25, 0.3) is 0 Å². The third-order valence-corrected chi connectivity index (χ3v) is 3.13. The largest absolute Gasteiger partial charge is 0.505 e. The maximum Gasteiger partial charge on any atom is 0.0807 e. The molecule has 0 aliphatic heterocycles. The molecule has 0 bridgehead atoms. The second-order valence-corrected chi connectivity index (χ2v) is 6.18. The number of hydrogen-bond acceptors (Lipinski definition) is 7. The van der Waals surface area contributed by atoms with Crippen LogP contribution in [0.4, 0.5) is 0 Å². The van der Waals surface area contributed by atoms with Crippen molar-refractivity contribution < 1.29 is 33.2 Å². The van der Waals surface area contributed by atoms with E-state index in [2.05, 4.69) is 31.1 Å². The first-order chi connectivity index (χ1) is 15.5. The Bertz CT molecular complexity index is 414. The van der Waals surface area contributed by atoms with Crippen LogP contribution in [0.5, 0.6) is 0 Å². The van der Waals surface area contributed by atoms with Gasteiger partial charge in [-0.15, -0.1) is 26.3 Å². The van der Waals surface area contributed by atoms with E-state index in [0.717, 1.165) is 0 Å². The summed E-state index contributed by atoms with van der Waals surface area (Å²) in [6.07, 6.45) is 10.6. The van der Waals surface area contributed by atoms with Gasteiger partial charge < -0.3 is 33.2 Å². The molecule has 7 nitrogen and oxygen atoms in total. The van der Waals surface area contributed by atoms with Gasteiger partial charge in [-0.2, -0.15) is 0 Å². The van der Waals surface area contributed by atoms with E-state index >= 15 is 0 Å². The van der Waals surface area contributed by atoms with Crippen LogP contribution in [0.1, 0.15) is 58.4 Å². The van der Waals surface area contributed by atoms with E-state index in [9.17, 15) is 0 Å². The molecule has 0 aromatic carbocycles. The molecule has 0 aromatic rings. The van der Waals surface area contributed by atoms with E-state index < -0.39 is 0 Å². The minimum Gasteiger partial charge on any atom is -0.505 e. The van der Waals surface area contributed by atoms with Crippen LogP contribution in [-0.4, -0.2) is 85.9 Å². The van der Waals surface area contributed by atoms with Crippen LogP contribution in [0.15, 0.2) is 63.0 Å². The second-order valence-electron chi connectivity index (χ2n) is 6.18. The molecule has 0 saturated heterocycles. The van der Waals surface area contributed by atoms with Crippen molar-refractivity contribution in [1.82, 2.24) is 0 Å². The molecule has 0 amide bonds. The van der Waals surface area contributed by atoms with Crippen molar-refractivity contribution in [2.45, 2.75) is 70.6 Å². The summed E-state index contributed by atoms with van der Waals surface area (Å²) in [6, 6.07) is 0. The van der Waals surface area contributed by atoms with Gasteiger partial charge in [-0.3, -0.25) is 0 Å². The lowest BCUT2D eigenvalue weighted by Gasteiger charge is -2.10. The Hall–Kier alpha value is -1.74. The smallest absolute Gasteiger partial charge is 0.0807 e. The Morgan fingerprint density at radius 3 is 1.34 bits per heavy atom. The van der Waals surface area contributed by atoms with Gasteiger partial charge in [0.15, 0.2) is 0 Å². The predicted octanol–water partition coefficient (Wildman–Crippen LogP) is 8.19. The minimum absolute atomic E-state index is 0. The van der Waals surface area contributed by atoms with Crippen LogP contribution in [0.3, 0.4) is 0 Å². The number of hydrogen-bond donors (Lipinski definition) is 0. The van der Waals surface area contributed by atoms with Crippen LogP contribution < -0.4 is 0 Å². The van der Waals surface area contributed by atoms with Gasteiger partial charge in [0, 0.05) is 7.11 Å². The summed E-state index contributed by atoms with van der Waals surface area (Å²) in [5.74, 6) is 0. The fraction of sp³-hybridized carbons (Fsp3) is 0.677. The van der Waals surface area contributed by atoms with Gasteiger partial charge in [0.25, 0.3) is 0 Å². The first kappa shape index (κ1) is 60.7. The van der Waals surface area contributed by atoms with Gasteiger partial charge in [0.2, 0.25) is 0 Å². The summed E-state index contributed by atoms with van der Waals surface area (Å²) in [6.45, 7) is 23.4. The molecule has 0 spiro atoms. The highest BCUT2D eigenvalue weighted by Gasteiger charge is 1.98. The molecule has 0 rings (SSSR count). The maximum atomic E-state index is 5.26. The topological polar surface area (TPSA) is 64.6 Å². The average molecular weight is 555 g/mol. The molecule has 0 heterocycles. The highest BCUT2D eigenvalue weighted by molar-refractivity contribution is 4.72. The molecule has 0 fully saturated rings. The number of ether oxygens (including phenoxy) is 7. The molecule has 0 aromatic heterocycles. The van der Waals surface area contributed by atoms with Gasteiger partial charge in [-0.05, 0) is 19.9 Å². The van der Waals surface area contributed by atoms with Crippen molar-refractivity contribution in [2.75, 3.05) is 73.7 Å². The van der Waals surface area contributed by atoms with Crippen molar-refractivity contribution >= 4 is 0 Å². The Balaban J connectivity index is -0.0000000440. The zero-order chi connectivity index (χ0) is 24.7. The van der Waals surface area contributed by atoms with E-state index in [0.29, 0.717) is 59.5 Å². The molecule has 2 unspecified atom stereocenters. The van der Waals surface area contributed by atoms with E-state index in [1.54, 1.807) is 44.8 Å². The summed E-state index contributed by atoms with van der Waals surface area (Å²) in [5.41, 5.74) is 0. The van der Waals surface area contributed by atoms with E-state index in [1.807, 2.05) is 19.9 Å². The highest BCUT2D eigenvalue weighted by Crippen LogP contribution is 1.91. The molecular formula is C31H70O7. The number of rotatable bonds is 20. The lowest BCUT2D eigenvalue weighted by molar-refractivity contribution is 0.0129. The van der Waals surface area contributed by atoms with Crippen molar-refractivity contribution in [2.24, 2.45) is 0 Å². The van der Waals surface area contributed by atoms with Crippen LogP contribution >= 0.6 is 0 Å². The van der Waals surface area contributed by atoms with Crippen LogP contribution in [0, 0.1) is 0 Å². The zero-order valence-electron chi connectivity index (χ0n) is 20.7. The van der Waals surface area contributed by atoms with E-state index in [-0.39, 0.29) is 56.8 Å². The first-order valence-corrected chi connectivity index (χ1v) is 10.6. The van der Waals surface area contributed by atoms with E-state index in [1.165, 1.54) is 0 Å². The lowest BCUT2D eigenvalue weighted by atomic mass is 10.4. The second kappa shape index (κ2) is 60.0. The van der Waals surface area contributed by atoms with Crippen LogP contribution in [0.2, 0.25) is 0 Å². The third kappa shape index (κ3) is 70.1. The molecule has 0 saturated carbocycles. The zero-order valence-corrected chi connectivity index (χ0v) is 20.7. The SMILES string of the molecule is C.C.C.C.C.C.C=CCOCC(C)OCC=C.C=CCOCCOCC=C.CO/C=C/COCC(C)OC. The molecule has 2 atom stereocenters. The molecule has 0 N–H and O–H groups in total. The lowest BCUT2D eigenvalue weighted by Crippen LogP contribution is -2.15. The molecule has 38 heavy (non-hydrogen) atoms. The predicted molar refractivity (Wildman–Crippen MR) is 172 cm³/mol. The molecule has 0 aliphatic rings. The normalized spacial score (nSPS) is 10.0. The fourth-order valence-corrected chi connectivity index (χ4v) is 1.55. The van der Waals surface area contributed by atoms with Crippen molar-refractivity contribution in [3.8, 4) is 0 Å². The fourth-order valence-electron chi connectivity index (χ4n) is 1.55. The Kier molecular flexibility index (Phi) is 95.8. The number of methoxy groups -OCH3 is 2. The van der Waals surface area contributed by atoms with Gasteiger partial charge in [-0.25, -0.2) is 0 Å². The minimum atomic E-state index is 0. The molecular weight excluding hydrogens is 484 g/mol. The summed E-state index contributed by atoms with van der Waals surface area (Å²) >= 11 is 0. The van der Waals surface area contributed by atoms with Crippen molar-refractivity contribution in [1.29, 1.82) is 0 Å². The summed E-state index contributed by atoms with van der Waals surface area (Å²) in [4.78, 5) is 0. The monoisotopic (exact) mass is 555 g/mol. The average Bonchev–Trinajstić information content (AvgIpc) is 2.80. The summed E-state index contributed by atoms with van der Waals surface area (Å²) in [5, 5.41) is 0. The van der Waals surface area contributed by atoms with Crippen molar-refractivity contribution in [3.05, 3.63) is 63.0 Å². The summed E-state index contributed by atoms with van der Waals surface area (Å²) in [7, 11) is 3.27. The molecule has 236 valence electrons. The van der Waals surface area contributed by atoms with Gasteiger partial charge >= 0.3 is 0 Å². The van der Waals surface area contributed by atoms with Crippen molar-refractivity contribution in [3.63, 3.8) is 0 Å². The van der Waals surface area contributed by atoms with E-state index in [4.69, 9.17) is 28.4 Å². The molecule has 0 radical (unpaired) electrons. The van der Waals surface area contributed by atoms with Crippen LogP contribution in [-0.2, 0) is 33.2 Å². The third-order valence-electron chi connectivity index (χ3n) is 3.13. The quantitative estimate of drug-likeness (QED) is 0.0854. The summed E-state index contributed by atoms with van der Waals surface area (Å²) < 4.78 is 35.4. The van der Waals surface area contributed by atoms with Gasteiger partial charge in [0.05, 0.1) is 85.0 Å². The Labute approximate surface area is 240 Å². The maximum absolute atomic E-state index is 5.26. The molecule has 0 aliphatic carbocycles. The Morgan fingerprint density at radius 2 is 0.947 bits per heavy atom. The van der Waals surface area contributed by atoms with Gasteiger partial charge in [-0.1, -0.05) is 68.9 Å². The Morgan fingerprint density at radius 1 is 0.553 bits per heavy atom. The van der Waals surface area contributed by atoms with Gasteiger partial charge in [0.1, 0.15) is 0 Å². The standard InChI is InChI=1S/C9H16O2.C8H16O3.C8H14O2.6CH4/c1-4-6-10-8-9(3)11-7-5-2;1-8(10-3)7-11-6-4-5-9-2;1-3-5-9-7-8-10-6-4-2;;;;;;/h4-5,9H,1-2,6-8H2,3H3;4-5,8H,6-7H2,1-3H3;3-4H,1-2,5-8H2;6*1H4/b;5-4+;;;;;;;.